The van der Waals surface area contributed by atoms with Crippen LogP contribution in [0.25, 0.3) is 17.0 Å². The topological polar surface area (TPSA) is 105 Å². The van der Waals surface area contributed by atoms with Crippen LogP contribution in [0.4, 0.5) is 10.1 Å². The summed E-state index contributed by atoms with van der Waals surface area (Å²) in [5.74, 6) is -0.365. The lowest BCUT2D eigenvalue weighted by Gasteiger charge is -2.12. The molecule has 8 nitrogen and oxygen atoms in total. The van der Waals surface area contributed by atoms with E-state index in [4.69, 9.17) is 0 Å². The summed E-state index contributed by atoms with van der Waals surface area (Å²) in [6.07, 6.45) is 0. The van der Waals surface area contributed by atoms with Crippen molar-refractivity contribution in [1.29, 1.82) is 0 Å². The van der Waals surface area contributed by atoms with Crippen molar-refractivity contribution in [2.24, 2.45) is 0 Å². The zero-order valence-electron chi connectivity index (χ0n) is 17.1. The highest BCUT2D eigenvalue weighted by Gasteiger charge is 2.15. The van der Waals surface area contributed by atoms with Gasteiger partial charge in [-0.25, -0.2) is 4.39 Å². The smallest absolute Gasteiger partial charge is 0.279 e. The molecule has 0 saturated heterocycles. The Labute approximate surface area is 180 Å². The Morgan fingerprint density at radius 1 is 1.13 bits per heavy atom. The summed E-state index contributed by atoms with van der Waals surface area (Å²) < 4.78 is 14.6. The molecule has 0 unspecified atom stereocenters. The standard InChI is InChI=1S/C21H19FN6O2S/c1-11-8-12(2)17(13(3)9-11)23-16(29)10-31-21-26-25-20-24-19(30)18(27-28(20)21)14-4-6-15(22)7-5-14/h4-9H,10H2,1-3H3,(H,23,29)(H,24,25,30). The zero-order chi connectivity index (χ0) is 22.1. The van der Waals surface area contributed by atoms with E-state index in [0.717, 1.165) is 34.1 Å². The number of aromatic amines is 1. The molecule has 1 amide bonds. The third-order valence-electron chi connectivity index (χ3n) is 4.64. The number of nitrogens with one attached hydrogen (secondary N) is 2. The second kappa shape index (κ2) is 8.31. The minimum Gasteiger partial charge on any atom is -0.325 e. The van der Waals surface area contributed by atoms with Gasteiger partial charge in [0.2, 0.25) is 11.1 Å². The Morgan fingerprint density at radius 2 is 1.81 bits per heavy atom. The average Bonchev–Trinajstić information content (AvgIpc) is 3.11. The normalized spacial score (nSPS) is 11.1. The largest absolute Gasteiger partial charge is 0.325 e. The molecule has 2 heterocycles. The molecule has 0 radical (unpaired) electrons. The molecule has 31 heavy (non-hydrogen) atoms. The molecule has 2 N–H and O–H groups in total. The van der Waals surface area contributed by atoms with Crippen molar-refractivity contribution in [3.63, 3.8) is 0 Å². The molecule has 0 spiro atoms. The van der Waals surface area contributed by atoms with Crippen LogP contribution in [0.2, 0.25) is 0 Å². The summed E-state index contributed by atoms with van der Waals surface area (Å²) in [7, 11) is 0. The number of amides is 1. The van der Waals surface area contributed by atoms with Gasteiger partial charge < -0.3 is 5.32 Å². The predicted molar refractivity (Wildman–Crippen MR) is 117 cm³/mol. The summed E-state index contributed by atoms with van der Waals surface area (Å²) in [6, 6.07) is 9.47. The lowest BCUT2D eigenvalue weighted by molar-refractivity contribution is -0.113. The van der Waals surface area contributed by atoms with E-state index < -0.39 is 11.4 Å². The summed E-state index contributed by atoms with van der Waals surface area (Å²) in [5.41, 5.74) is 4.00. The fraction of sp³-hybridized carbons (Fsp3) is 0.190. The molecule has 0 aliphatic heterocycles. The molecule has 2 aromatic carbocycles. The molecule has 0 fully saturated rings. The molecule has 4 rings (SSSR count). The minimum absolute atomic E-state index is 0.0836. The Kier molecular flexibility index (Phi) is 5.55. The van der Waals surface area contributed by atoms with Crippen molar-refractivity contribution < 1.29 is 9.18 Å². The molecule has 0 aliphatic carbocycles. The van der Waals surface area contributed by atoms with Crippen LogP contribution >= 0.6 is 11.8 Å². The van der Waals surface area contributed by atoms with Crippen molar-refractivity contribution in [1.82, 2.24) is 24.8 Å². The van der Waals surface area contributed by atoms with E-state index in [2.05, 4.69) is 25.6 Å². The highest BCUT2D eigenvalue weighted by atomic mass is 32.2. The van der Waals surface area contributed by atoms with E-state index in [1.165, 1.54) is 28.8 Å². The fourth-order valence-electron chi connectivity index (χ4n) is 3.31. The van der Waals surface area contributed by atoms with Gasteiger partial charge in [-0.1, -0.05) is 29.5 Å². The van der Waals surface area contributed by atoms with Crippen LogP contribution in [-0.4, -0.2) is 36.5 Å². The SMILES string of the molecule is Cc1cc(C)c(NC(=O)CSc2nnc3[nH]c(=O)c(-c4ccc(F)cc4)nn23)c(C)c1. The monoisotopic (exact) mass is 438 g/mol. The van der Waals surface area contributed by atoms with Crippen molar-refractivity contribution >= 4 is 29.1 Å². The third-order valence-corrected chi connectivity index (χ3v) is 5.56. The number of hydrogen-bond acceptors (Lipinski definition) is 6. The Bertz CT molecular complexity index is 1320. The number of rotatable bonds is 5. The number of benzene rings is 2. The Balaban J connectivity index is 1.55. The molecular formula is C21H19FN6O2S. The lowest BCUT2D eigenvalue weighted by Crippen LogP contribution is -2.17. The number of thioether (sulfide) groups is 1. The number of nitrogens with zero attached hydrogens (tertiary/aromatic N) is 4. The van der Waals surface area contributed by atoms with Crippen LogP contribution in [-0.2, 0) is 4.79 Å². The number of H-pyrrole nitrogens is 1. The highest BCUT2D eigenvalue weighted by molar-refractivity contribution is 7.99. The van der Waals surface area contributed by atoms with E-state index in [-0.39, 0.29) is 23.1 Å². The van der Waals surface area contributed by atoms with Gasteiger partial charge in [0, 0.05) is 11.3 Å². The first-order valence-corrected chi connectivity index (χ1v) is 10.4. The number of halogens is 1. The molecule has 0 atom stereocenters. The minimum atomic E-state index is -0.467. The van der Waals surface area contributed by atoms with Gasteiger partial charge in [-0.3, -0.25) is 14.6 Å². The maximum absolute atomic E-state index is 13.2. The number of aryl methyl sites for hydroxylation is 3. The first-order valence-electron chi connectivity index (χ1n) is 9.44. The third kappa shape index (κ3) is 4.33. The number of carbonyl (C=O) groups excluding carboxylic acids is 1. The lowest BCUT2D eigenvalue weighted by atomic mass is 10.1. The molecule has 4 aromatic rings. The molecule has 10 heteroatoms. The van der Waals surface area contributed by atoms with Crippen LogP contribution < -0.4 is 10.9 Å². The number of fused-ring (bicyclic) bond motifs is 1. The quantitative estimate of drug-likeness (QED) is 0.464. The van der Waals surface area contributed by atoms with Crippen LogP contribution in [0.1, 0.15) is 16.7 Å². The van der Waals surface area contributed by atoms with Crippen LogP contribution in [0, 0.1) is 26.6 Å². The maximum Gasteiger partial charge on any atom is 0.279 e. The zero-order valence-corrected chi connectivity index (χ0v) is 17.9. The predicted octanol–water partition coefficient (Wildman–Crippen LogP) is 3.27. The number of anilines is 1. The highest BCUT2D eigenvalue weighted by Crippen LogP contribution is 2.23. The first-order chi connectivity index (χ1) is 14.8. The van der Waals surface area contributed by atoms with Gasteiger partial charge in [0.25, 0.3) is 11.3 Å². The first kappa shape index (κ1) is 20.7. The van der Waals surface area contributed by atoms with Crippen molar-refractivity contribution in [3.05, 3.63) is 69.3 Å². The van der Waals surface area contributed by atoms with Gasteiger partial charge in [-0.2, -0.15) is 9.61 Å². The molecule has 158 valence electrons. The fourth-order valence-corrected chi connectivity index (χ4v) is 3.99. The van der Waals surface area contributed by atoms with E-state index in [9.17, 15) is 14.0 Å². The van der Waals surface area contributed by atoms with Crippen LogP contribution in [0.5, 0.6) is 0 Å². The molecule has 0 bridgehead atoms. The summed E-state index contributed by atoms with van der Waals surface area (Å²) in [6.45, 7) is 5.91. The molecule has 0 saturated carbocycles. The van der Waals surface area contributed by atoms with Crippen molar-refractivity contribution in [2.75, 3.05) is 11.1 Å². The van der Waals surface area contributed by atoms with Gasteiger partial charge in [0.05, 0.1) is 5.75 Å². The van der Waals surface area contributed by atoms with Crippen molar-refractivity contribution in [2.45, 2.75) is 25.9 Å². The van der Waals surface area contributed by atoms with E-state index in [1.807, 2.05) is 32.9 Å². The van der Waals surface area contributed by atoms with Crippen LogP contribution in [0.3, 0.4) is 0 Å². The van der Waals surface area contributed by atoms with E-state index in [0.29, 0.717) is 10.7 Å². The average molecular weight is 438 g/mol. The summed E-state index contributed by atoms with van der Waals surface area (Å²) in [5, 5.41) is 15.5. The number of carbonyl (C=O) groups is 1. The van der Waals surface area contributed by atoms with E-state index in [1.54, 1.807) is 0 Å². The van der Waals surface area contributed by atoms with Gasteiger partial charge in [-0.05, 0) is 56.2 Å². The molecule has 2 aromatic heterocycles. The van der Waals surface area contributed by atoms with Crippen LogP contribution in [0.15, 0.2) is 46.3 Å². The van der Waals surface area contributed by atoms with Gasteiger partial charge >= 0.3 is 0 Å². The van der Waals surface area contributed by atoms with Crippen molar-refractivity contribution in [3.8, 4) is 11.3 Å². The molecular weight excluding hydrogens is 419 g/mol. The second-order valence-corrected chi connectivity index (χ2v) is 8.08. The van der Waals surface area contributed by atoms with Gasteiger partial charge in [0.1, 0.15) is 5.82 Å². The molecule has 0 aliphatic rings. The van der Waals surface area contributed by atoms with Gasteiger partial charge in [-0.15, -0.1) is 10.2 Å². The Hall–Kier alpha value is -3.53. The second-order valence-electron chi connectivity index (χ2n) is 7.14. The summed E-state index contributed by atoms with van der Waals surface area (Å²) in [4.78, 5) is 27.4. The maximum atomic E-state index is 13.2. The number of hydrogen-bond donors (Lipinski definition) is 2. The summed E-state index contributed by atoms with van der Waals surface area (Å²) >= 11 is 1.14. The van der Waals surface area contributed by atoms with Gasteiger partial charge in [0.15, 0.2) is 5.69 Å². The Morgan fingerprint density at radius 3 is 2.48 bits per heavy atom. The van der Waals surface area contributed by atoms with E-state index >= 15 is 0 Å². The number of aromatic nitrogens is 5.